The fourth-order valence-electron chi connectivity index (χ4n) is 1.74. The van der Waals surface area contributed by atoms with Crippen LogP contribution in [0.4, 0.5) is 0 Å². The third kappa shape index (κ3) is 3.51. The van der Waals surface area contributed by atoms with Crippen molar-refractivity contribution in [2.24, 2.45) is 5.73 Å². The number of halogens is 1. The molecule has 1 amide bonds. The van der Waals surface area contributed by atoms with Gasteiger partial charge in [-0.15, -0.1) is 0 Å². The Kier molecular flexibility index (Phi) is 4.63. The number of carbonyl (C=O) groups is 1. The van der Waals surface area contributed by atoms with Crippen LogP contribution in [0.5, 0.6) is 11.5 Å². The average Bonchev–Trinajstić information content (AvgIpc) is 2.44. The zero-order valence-corrected chi connectivity index (χ0v) is 12.5. The number of primary amides is 1. The molecule has 0 saturated carbocycles. The first-order chi connectivity index (χ1) is 9.60. The lowest BCUT2D eigenvalue weighted by atomic mass is 10.2. The number of benzene rings is 2. The van der Waals surface area contributed by atoms with Gasteiger partial charge in [0.1, 0.15) is 18.1 Å². The number of ether oxygens (including phenoxy) is 2. The number of amides is 1. The zero-order valence-electron chi connectivity index (χ0n) is 10.9. The van der Waals surface area contributed by atoms with Crippen LogP contribution in [0, 0.1) is 0 Å². The smallest absolute Gasteiger partial charge is 0.252 e. The Morgan fingerprint density at radius 1 is 1.25 bits per heavy atom. The Bertz CT molecular complexity index is 628. The molecule has 4 nitrogen and oxygen atoms in total. The van der Waals surface area contributed by atoms with Crippen LogP contribution in [0.25, 0.3) is 0 Å². The molecule has 0 unspecified atom stereocenters. The molecule has 2 aromatic rings. The van der Waals surface area contributed by atoms with Crippen LogP contribution in [0.2, 0.25) is 0 Å². The van der Waals surface area contributed by atoms with E-state index < -0.39 is 5.91 Å². The highest BCUT2D eigenvalue weighted by atomic mass is 79.9. The van der Waals surface area contributed by atoms with Gasteiger partial charge in [0, 0.05) is 10.5 Å². The molecule has 5 heteroatoms. The van der Waals surface area contributed by atoms with E-state index in [-0.39, 0.29) is 0 Å². The van der Waals surface area contributed by atoms with Gasteiger partial charge in [0.05, 0.1) is 12.7 Å². The first-order valence-electron chi connectivity index (χ1n) is 5.95. The third-order valence-corrected chi connectivity index (χ3v) is 3.23. The molecule has 0 atom stereocenters. The molecule has 0 spiro atoms. The zero-order chi connectivity index (χ0) is 14.5. The lowest BCUT2D eigenvalue weighted by Gasteiger charge is -2.11. The van der Waals surface area contributed by atoms with Crippen molar-refractivity contribution in [1.29, 1.82) is 0 Å². The summed E-state index contributed by atoms with van der Waals surface area (Å²) in [5.41, 5.74) is 6.65. The minimum absolute atomic E-state index is 0.334. The van der Waals surface area contributed by atoms with E-state index in [1.165, 1.54) is 0 Å². The van der Waals surface area contributed by atoms with Crippen molar-refractivity contribution in [1.82, 2.24) is 0 Å². The summed E-state index contributed by atoms with van der Waals surface area (Å²) in [5.74, 6) is 0.493. The maximum Gasteiger partial charge on any atom is 0.252 e. The van der Waals surface area contributed by atoms with E-state index in [2.05, 4.69) is 15.9 Å². The maximum absolute atomic E-state index is 11.4. The number of hydrogen-bond acceptors (Lipinski definition) is 3. The average molecular weight is 336 g/mol. The Morgan fingerprint density at radius 2 is 2.05 bits per heavy atom. The first kappa shape index (κ1) is 14.4. The SMILES string of the molecule is COc1ccc(C(N)=O)c(OCc2cccc(Br)c2)c1. The Labute approximate surface area is 125 Å². The molecule has 2 N–H and O–H groups in total. The number of nitrogens with two attached hydrogens (primary N) is 1. The monoisotopic (exact) mass is 335 g/mol. The van der Waals surface area contributed by atoms with Gasteiger partial charge in [-0.25, -0.2) is 0 Å². The summed E-state index contributed by atoms with van der Waals surface area (Å²) in [6.45, 7) is 0.340. The van der Waals surface area contributed by atoms with Gasteiger partial charge in [-0.2, -0.15) is 0 Å². The van der Waals surface area contributed by atoms with Gasteiger partial charge in [0.15, 0.2) is 0 Å². The van der Waals surface area contributed by atoms with Crippen molar-refractivity contribution >= 4 is 21.8 Å². The molecule has 0 heterocycles. The predicted octanol–water partition coefficient (Wildman–Crippen LogP) is 3.14. The Balaban J connectivity index is 2.21. The molecule has 20 heavy (non-hydrogen) atoms. The van der Waals surface area contributed by atoms with Crippen LogP contribution in [-0.2, 0) is 6.61 Å². The van der Waals surface area contributed by atoms with E-state index in [1.807, 2.05) is 24.3 Å². The van der Waals surface area contributed by atoms with Gasteiger partial charge in [0.25, 0.3) is 5.91 Å². The van der Waals surface area contributed by atoms with Crippen molar-refractivity contribution in [3.63, 3.8) is 0 Å². The first-order valence-corrected chi connectivity index (χ1v) is 6.74. The highest BCUT2D eigenvalue weighted by Gasteiger charge is 2.11. The molecule has 2 aromatic carbocycles. The van der Waals surface area contributed by atoms with Gasteiger partial charge in [-0.3, -0.25) is 4.79 Å². The van der Waals surface area contributed by atoms with Gasteiger partial charge in [0.2, 0.25) is 0 Å². The summed E-state index contributed by atoms with van der Waals surface area (Å²) in [4.78, 5) is 11.4. The van der Waals surface area contributed by atoms with E-state index in [0.717, 1.165) is 10.0 Å². The summed E-state index contributed by atoms with van der Waals surface area (Å²) < 4.78 is 11.8. The highest BCUT2D eigenvalue weighted by Crippen LogP contribution is 2.25. The van der Waals surface area contributed by atoms with Gasteiger partial charge < -0.3 is 15.2 Å². The van der Waals surface area contributed by atoms with Crippen LogP contribution in [0.1, 0.15) is 15.9 Å². The van der Waals surface area contributed by atoms with Crippen LogP contribution in [0.15, 0.2) is 46.9 Å². The molecule has 0 aliphatic rings. The summed E-state index contributed by atoms with van der Waals surface area (Å²) in [5, 5.41) is 0. The topological polar surface area (TPSA) is 61.5 Å². The Morgan fingerprint density at radius 3 is 2.70 bits per heavy atom. The summed E-state index contributed by atoms with van der Waals surface area (Å²) in [6.07, 6.45) is 0. The number of carbonyl (C=O) groups excluding carboxylic acids is 1. The fourth-order valence-corrected chi connectivity index (χ4v) is 2.19. The largest absolute Gasteiger partial charge is 0.497 e. The molecule has 0 fully saturated rings. The van der Waals surface area contributed by atoms with E-state index >= 15 is 0 Å². The summed E-state index contributed by atoms with van der Waals surface area (Å²) in [6, 6.07) is 12.7. The van der Waals surface area contributed by atoms with Crippen LogP contribution >= 0.6 is 15.9 Å². The predicted molar refractivity (Wildman–Crippen MR) is 80.0 cm³/mol. The van der Waals surface area contributed by atoms with E-state index in [4.69, 9.17) is 15.2 Å². The molecule has 2 rings (SSSR count). The standard InChI is InChI=1S/C15H14BrNO3/c1-19-12-5-6-13(15(17)18)14(8-12)20-9-10-3-2-4-11(16)7-10/h2-8H,9H2,1H3,(H2,17,18). The minimum atomic E-state index is -0.531. The molecule has 0 saturated heterocycles. The summed E-state index contributed by atoms with van der Waals surface area (Å²) >= 11 is 3.40. The van der Waals surface area contributed by atoms with E-state index in [0.29, 0.717) is 23.7 Å². The fraction of sp³-hybridized carbons (Fsp3) is 0.133. The van der Waals surface area contributed by atoms with Gasteiger partial charge in [-0.05, 0) is 29.8 Å². The molecular weight excluding hydrogens is 322 g/mol. The van der Waals surface area contributed by atoms with Crippen molar-refractivity contribution in [3.8, 4) is 11.5 Å². The van der Waals surface area contributed by atoms with Crippen molar-refractivity contribution in [2.75, 3.05) is 7.11 Å². The molecular formula is C15H14BrNO3. The van der Waals surface area contributed by atoms with Crippen molar-refractivity contribution < 1.29 is 14.3 Å². The number of methoxy groups -OCH3 is 1. The second-order valence-corrected chi connectivity index (χ2v) is 5.06. The normalized spacial score (nSPS) is 10.1. The third-order valence-electron chi connectivity index (χ3n) is 2.74. The lowest BCUT2D eigenvalue weighted by molar-refractivity contribution is 0.0996. The van der Waals surface area contributed by atoms with Crippen molar-refractivity contribution in [2.45, 2.75) is 6.61 Å². The minimum Gasteiger partial charge on any atom is -0.497 e. The second kappa shape index (κ2) is 6.43. The van der Waals surface area contributed by atoms with Crippen LogP contribution in [0.3, 0.4) is 0 Å². The quantitative estimate of drug-likeness (QED) is 0.912. The van der Waals surface area contributed by atoms with Crippen molar-refractivity contribution in [3.05, 3.63) is 58.1 Å². The highest BCUT2D eigenvalue weighted by molar-refractivity contribution is 9.10. The molecule has 104 valence electrons. The number of rotatable bonds is 5. The number of hydrogen-bond donors (Lipinski definition) is 1. The molecule has 0 bridgehead atoms. The summed E-state index contributed by atoms with van der Waals surface area (Å²) in [7, 11) is 1.55. The molecule has 0 aromatic heterocycles. The van der Waals surface area contributed by atoms with E-state index in [9.17, 15) is 4.79 Å². The lowest BCUT2D eigenvalue weighted by Crippen LogP contribution is -2.13. The second-order valence-electron chi connectivity index (χ2n) is 4.14. The van der Waals surface area contributed by atoms with Crippen LogP contribution < -0.4 is 15.2 Å². The maximum atomic E-state index is 11.4. The van der Waals surface area contributed by atoms with E-state index in [1.54, 1.807) is 25.3 Å². The molecule has 0 radical (unpaired) electrons. The molecule has 0 aliphatic carbocycles. The van der Waals surface area contributed by atoms with Gasteiger partial charge >= 0.3 is 0 Å². The Hall–Kier alpha value is -2.01. The molecule has 0 aliphatic heterocycles. The van der Waals surface area contributed by atoms with Crippen LogP contribution in [-0.4, -0.2) is 13.0 Å². The van der Waals surface area contributed by atoms with Gasteiger partial charge in [-0.1, -0.05) is 28.1 Å².